The SMILES string of the molecule is CCN1CCN(C(=O)c2ccc(=O)[nH]n2)[C@H](Cc2ccccc2-c2cccc(C)c2)C1=O. The van der Waals surface area contributed by atoms with E-state index in [1.165, 1.54) is 12.1 Å². The molecule has 32 heavy (non-hydrogen) atoms. The molecule has 4 rings (SSSR count). The topological polar surface area (TPSA) is 86.4 Å². The molecule has 0 radical (unpaired) electrons. The molecule has 1 fully saturated rings. The van der Waals surface area contributed by atoms with Crippen molar-refractivity contribution in [2.45, 2.75) is 26.3 Å². The first kappa shape index (κ1) is 21.5. The maximum atomic E-state index is 13.3. The van der Waals surface area contributed by atoms with Gasteiger partial charge in [0.05, 0.1) is 0 Å². The van der Waals surface area contributed by atoms with E-state index in [1.807, 2.05) is 50.2 Å². The molecule has 2 aromatic carbocycles. The quantitative estimate of drug-likeness (QED) is 0.674. The van der Waals surface area contributed by atoms with Crippen LogP contribution in [0.2, 0.25) is 0 Å². The van der Waals surface area contributed by atoms with E-state index in [-0.39, 0.29) is 23.1 Å². The Kier molecular flexibility index (Phi) is 6.16. The first-order chi connectivity index (χ1) is 15.5. The number of H-pyrrole nitrogens is 1. The number of benzene rings is 2. The van der Waals surface area contributed by atoms with Gasteiger partial charge in [-0.2, -0.15) is 5.10 Å². The van der Waals surface area contributed by atoms with Crippen LogP contribution in [0.5, 0.6) is 0 Å². The van der Waals surface area contributed by atoms with E-state index in [0.717, 1.165) is 22.3 Å². The summed E-state index contributed by atoms with van der Waals surface area (Å²) in [6.07, 6.45) is 0.397. The van der Waals surface area contributed by atoms with Gasteiger partial charge < -0.3 is 9.80 Å². The highest BCUT2D eigenvalue weighted by Gasteiger charge is 2.38. The zero-order valence-electron chi connectivity index (χ0n) is 18.2. The summed E-state index contributed by atoms with van der Waals surface area (Å²) in [5.41, 5.74) is 4.03. The van der Waals surface area contributed by atoms with Crippen LogP contribution in [-0.2, 0) is 11.2 Å². The molecular weight excluding hydrogens is 404 g/mol. The molecule has 1 atom stereocenters. The van der Waals surface area contributed by atoms with E-state index in [1.54, 1.807) is 9.80 Å². The summed E-state index contributed by atoms with van der Waals surface area (Å²) in [5, 5.41) is 6.18. The molecule has 2 heterocycles. The number of nitrogens with one attached hydrogen (secondary N) is 1. The van der Waals surface area contributed by atoms with E-state index in [9.17, 15) is 14.4 Å². The fraction of sp³-hybridized carbons (Fsp3) is 0.280. The Bertz CT molecular complexity index is 1180. The van der Waals surface area contributed by atoms with Crippen molar-refractivity contribution in [3.8, 4) is 11.1 Å². The highest BCUT2D eigenvalue weighted by atomic mass is 16.2. The summed E-state index contributed by atoms with van der Waals surface area (Å²) in [6, 6.07) is 18.3. The van der Waals surface area contributed by atoms with Gasteiger partial charge in [0, 0.05) is 32.1 Å². The summed E-state index contributed by atoms with van der Waals surface area (Å²) in [4.78, 5) is 41.3. The summed E-state index contributed by atoms with van der Waals surface area (Å²) >= 11 is 0. The van der Waals surface area contributed by atoms with E-state index in [2.05, 4.69) is 22.3 Å². The van der Waals surface area contributed by atoms with E-state index in [4.69, 9.17) is 0 Å². The Morgan fingerprint density at radius 2 is 1.88 bits per heavy atom. The standard InChI is InChI=1S/C25H26N4O3/c1-3-28-13-14-29(24(31)21-11-12-23(30)27-26-21)22(25(28)32)16-19-8-4-5-10-20(19)18-9-6-7-17(2)15-18/h4-12,15,22H,3,13-14,16H2,1-2H3,(H,27,30)/t22-/m1/s1. The number of hydrogen-bond acceptors (Lipinski definition) is 4. The van der Waals surface area contributed by atoms with Gasteiger partial charge in [0.2, 0.25) is 5.91 Å². The maximum absolute atomic E-state index is 13.3. The molecule has 0 saturated carbocycles. The van der Waals surface area contributed by atoms with Crippen LogP contribution in [0.15, 0.2) is 65.5 Å². The number of carbonyl (C=O) groups excluding carboxylic acids is 2. The Hall–Kier alpha value is -3.74. The number of amides is 2. The number of carbonyl (C=O) groups is 2. The minimum Gasteiger partial charge on any atom is -0.339 e. The normalized spacial score (nSPS) is 16.3. The molecular formula is C25H26N4O3. The third kappa shape index (κ3) is 4.32. The van der Waals surface area contributed by atoms with Crippen molar-refractivity contribution in [2.75, 3.05) is 19.6 Å². The Morgan fingerprint density at radius 3 is 2.59 bits per heavy atom. The zero-order valence-corrected chi connectivity index (χ0v) is 18.2. The molecule has 1 aliphatic rings. The van der Waals surface area contributed by atoms with Crippen molar-refractivity contribution in [3.05, 3.63) is 87.8 Å². The van der Waals surface area contributed by atoms with Gasteiger partial charge in [-0.15, -0.1) is 0 Å². The molecule has 0 spiro atoms. The lowest BCUT2D eigenvalue weighted by molar-refractivity contribution is -0.139. The van der Waals surface area contributed by atoms with Gasteiger partial charge in [-0.05, 0) is 36.6 Å². The Morgan fingerprint density at radius 1 is 1.06 bits per heavy atom. The lowest BCUT2D eigenvalue weighted by atomic mass is 9.92. The second-order valence-electron chi connectivity index (χ2n) is 7.97. The lowest BCUT2D eigenvalue weighted by Gasteiger charge is -2.40. The van der Waals surface area contributed by atoms with Gasteiger partial charge >= 0.3 is 0 Å². The van der Waals surface area contributed by atoms with Crippen molar-refractivity contribution < 1.29 is 9.59 Å². The minimum atomic E-state index is -0.643. The molecule has 0 bridgehead atoms. The van der Waals surface area contributed by atoms with E-state index >= 15 is 0 Å². The Balaban J connectivity index is 1.70. The highest BCUT2D eigenvalue weighted by Crippen LogP contribution is 2.28. The van der Waals surface area contributed by atoms with Crippen LogP contribution < -0.4 is 5.56 Å². The molecule has 164 valence electrons. The van der Waals surface area contributed by atoms with E-state index < -0.39 is 6.04 Å². The molecule has 0 aliphatic carbocycles. The number of nitrogens with zero attached hydrogens (tertiary/aromatic N) is 3. The van der Waals surface area contributed by atoms with Crippen LogP contribution in [0.1, 0.15) is 28.5 Å². The average molecular weight is 431 g/mol. The second-order valence-corrected chi connectivity index (χ2v) is 7.97. The molecule has 1 N–H and O–H groups in total. The van der Waals surface area contributed by atoms with Crippen LogP contribution in [0.25, 0.3) is 11.1 Å². The van der Waals surface area contributed by atoms with Gasteiger partial charge in [0.15, 0.2) is 0 Å². The number of aromatic amines is 1. The van der Waals surface area contributed by atoms with Crippen LogP contribution in [0.4, 0.5) is 0 Å². The summed E-state index contributed by atoms with van der Waals surface area (Å²) < 4.78 is 0. The maximum Gasteiger partial charge on any atom is 0.275 e. The zero-order chi connectivity index (χ0) is 22.7. The van der Waals surface area contributed by atoms with Crippen molar-refractivity contribution >= 4 is 11.8 Å². The number of hydrogen-bond donors (Lipinski definition) is 1. The predicted octanol–water partition coefficient (Wildman–Crippen LogP) is 2.66. The molecule has 1 saturated heterocycles. The first-order valence-corrected chi connectivity index (χ1v) is 10.8. The smallest absolute Gasteiger partial charge is 0.275 e. The van der Waals surface area contributed by atoms with Crippen molar-refractivity contribution in [3.63, 3.8) is 0 Å². The van der Waals surface area contributed by atoms with Crippen molar-refractivity contribution in [2.24, 2.45) is 0 Å². The van der Waals surface area contributed by atoms with Crippen molar-refractivity contribution in [1.29, 1.82) is 0 Å². The first-order valence-electron chi connectivity index (χ1n) is 10.8. The molecule has 0 unspecified atom stereocenters. The summed E-state index contributed by atoms with van der Waals surface area (Å²) in [7, 11) is 0. The van der Waals surface area contributed by atoms with Crippen molar-refractivity contribution in [1.82, 2.24) is 20.0 Å². The van der Waals surface area contributed by atoms with Crippen LogP contribution >= 0.6 is 0 Å². The molecule has 3 aromatic rings. The molecule has 7 heteroatoms. The van der Waals surface area contributed by atoms with Gasteiger partial charge in [0.1, 0.15) is 11.7 Å². The third-order valence-electron chi connectivity index (χ3n) is 5.88. The summed E-state index contributed by atoms with van der Waals surface area (Å²) in [5.74, 6) is -0.432. The molecule has 1 aliphatic heterocycles. The monoisotopic (exact) mass is 430 g/mol. The average Bonchev–Trinajstić information content (AvgIpc) is 2.81. The summed E-state index contributed by atoms with van der Waals surface area (Å²) in [6.45, 7) is 5.47. The molecule has 7 nitrogen and oxygen atoms in total. The van der Waals surface area contributed by atoms with Crippen LogP contribution in [-0.4, -0.2) is 57.5 Å². The van der Waals surface area contributed by atoms with Gasteiger partial charge in [-0.1, -0.05) is 54.1 Å². The number of rotatable bonds is 5. The third-order valence-corrected chi connectivity index (χ3v) is 5.88. The fourth-order valence-corrected chi connectivity index (χ4v) is 4.20. The number of aryl methyl sites for hydroxylation is 1. The van der Waals surface area contributed by atoms with Gasteiger partial charge in [0.25, 0.3) is 11.5 Å². The van der Waals surface area contributed by atoms with E-state index in [0.29, 0.717) is 26.1 Å². The largest absolute Gasteiger partial charge is 0.339 e. The lowest BCUT2D eigenvalue weighted by Crippen LogP contribution is -2.59. The predicted molar refractivity (Wildman–Crippen MR) is 122 cm³/mol. The fourth-order valence-electron chi connectivity index (χ4n) is 4.20. The molecule has 1 aromatic heterocycles. The minimum absolute atomic E-state index is 0.0735. The van der Waals surface area contributed by atoms with Gasteiger partial charge in [-0.3, -0.25) is 14.4 Å². The number of piperazine rings is 1. The molecule has 2 amide bonds. The van der Waals surface area contributed by atoms with Gasteiger partial charge in [-0.25, -0.2) is 5.10 Å². The van der Waals surface area contributed by atoms with Crippen LogP contribution in [0.3, 0.4) is 0 Å². The number of aromatic nitrogens is 2. The highest BCUT2D eigenvalue weighted by molar-refractivity contribution is 5.97. The number of likely N-dealkylation sites (N-methyl/N-ethyl adjacent to an activating group) is 1. The van der Waals surface area contributed by atoms with Crippen LogP contribution in [0, 0.1) is 6.92 Å². The Labute approximate surface area is 186 Å². The second kappa shape index (κ2) is 9.18.